The summed E-state index contributed by atoms with van der Waals surface area (Å²) in [6, 6.07) is 7.69. The van der Waals surface area contributed by atoms with Gasteiger partial charge in [0, 0.05) is 16.8 Å². The van der Waals surface area contributed by atoms with Gasteiger partial charge in [0.05, 0.1) is 12.1 Å². The summed E-state index contributed by atoms with van der Waals surface area (Å²) >= 11 is 5.50. The van der Waals surface area contributed by atoms with Crippen LogP contribution in [-0.4, -0.2) is 28.4 Å². The van der Waals surface area contributed by atoms with Gasteiger partial charge >= 0.3 is 0 Å². The third-order valence-corrected chi connectivity index (χ3v) is 5.44. The molecule has 2 nitrogen and oxygen atoms in total. The first kappa shape index (κ1) is 10.4. The minimum atomic E-state index is 0.388. The van der Waals surface area contributed by atoms with Gasteiger partial charge in [0.25, 0.3) is 0 Å². The minimum Gasteiger partial charge on any atom is -0.345 e. The van der Waals surface area contributed by atoms with E-state index in [9.17, 15) is 0 Å². The SMILES string of the molecule is Brc1ccc2c(c1)C1N=C3SCCN3C1CC2. The normalized spacial score (nSPS) is 29.7. The minimum absolute atomic E-state index is 0.388. The maximum Gasteiger partial charge on any atom is 0.160 e. The van der Waals surface area contributed by atoms with E-state index in [1.165, 1.54) is 45.9 Å². The second-order valence-electron chi connectivity index (χ2n) is 4.85. The number of amidine groups is 1. The smallest absolute Gasteiger partial charge is 0.160 e. The van der Waals surface area contributed by atoms with Gasteiger partial charge in [-0.1, -0.05) is 33.8 Å². The summed E-state index contributed by atoms with van der Waals surface area (Å²) in [4.78, 5) is 7.47. The van der Waals surface area contributed by atoms with Crippen LogP contribution in [0.3, 0.4) is 0 Å². The van der Waals surface area contributed by atoms with Crippen LogP contribution in [0.2, 0.25) is 0 Å². The van der Waals surface area contributed by atoms with Gasteiger partial charge < -0.3 is 4.90 Å². The zero-order valence-corrected chi connectivity index (χ0v) is 11.8. The number of aliphatic imine (C=N–C) groups is 1. The fourth-order valence-electron chi connectivity index (χ4n) is 3.17. The number of fused-ring (bicyclic) bond motifs is 5. The number of rotatable bonds is 0. The Balaban J connectivity index is 1.82. The van der Waals surface area contributed by atoms with Crippen molar-refractivity contribution in [2.24, 2.45) is 4.99 Å². The summed E-state index contributed by atoms with van der Waals surface area (Å²) in [6.45, 7) is 1.19. The molecule has 1 aromatic carbocycles. The largest absolute Gasteiger partial charge is 0.345 e. The van der Waals surface area contributed by atoms with Gasteiger partial charge in [-0.2, -0.15) is 0 Å². The van der Waals surface area contributed by atoms with Gasteiger partial charge in [0.2, 0.25) is 0 Å². The van der Waals surface area contributed by atoms with E-state index in [-0.39, 0.29) is 0 Å². The highest BCUT2D eigenvalue weighted by Gasteiger charge is 2.42. The van der Waals surface area contributed by atoms with E-state index in [0.29, 0.717) is 12.1 Å². The van der Waals surface area contributed by atoms with Crippen molar-refractivity contribution in [3.05, 3.63) is 33.8 Å². The van der Waals surface area contributed by atoms with Crippen LogP contribution in [0.15, 0.2) is 27.7 Å². The molecule has 2 heterocycles. The van der Waals surface area contributed by atoms with Gasteiger partial charge in [-0.05, 0) is 36.1 Å². The Morgan fingerprint density at radius 3 is 3.29 bits per heavy atom. The van der Waals surface area contributed by atoms with Crippen LogP contribution in [0.25, 0.3) is 0 Å². The van der Waals surface area contributed by atoms with E-state index in [2.05, 4.69) is 39.0 Å². The van der Waals surface area contributed by atoms with Crippen LogP contribution >= 0.6 is 27.7 Å². The highest BCUT2D eigenvalue weighted by molar-refractivity contribution is 9.10. The summed E-state index contributed by atoms with van der Waals surface area (Å²) < 4.78 is 1.18. The Kier molecular flexibility index (Phi) is 2.31. The molecular formula is C13H13BrN2S. The number of hydrogen-bond acceptors (Lipinski definition) is 3. The molecule has 0 radical (unpaired) electrons. The molecule has 17 heavy (non-hydrogen) atoms. The Hall–Kier alpha value is -0.480. The number of halogens is 1. The summed E-state index contributed by atoms with van der Waals surface area (Å²) in [7, 11) is 0. The second-order valence-corrected chi connectivity index (χ2v) is 6.83. The molecule has 1 fully saturated rings. The monoisotopic (exact) mass is 308 g/mol. The number of aryl methyl sites for hydroxylation is 1. The zero-order valence-electron chi connectivity index (χ0n) is 9.40. The van der Waals surface area contributed by atoms with Gasteiger partial charge in [0.1, 0.15) is 0 Å². The fourth-order valence-corrected chi connectivity index (χ4v) is 4.60. The van der Waals surface area contributed by atoms with Crippen LogP contribution in [0.4, 0.5) is 0 Å². The zero-order chi connectivity index (χ0) is 11.4. The van der Waals surface area contributed by atoms with Crippen LogP contribution in [-0.2, 0) is 6.42 Å². The number of benzene rings is 1. The van der Waals surface area contributed by atoms with Gasteiger partial charge in [0.15, 0.2) is 5.17 Å². The van der Waals surface area contributed by atoms with Crippen LogP contribution in [0.1, 0.15) is 23.6 Å². The molecule has 2 atom stereocenters. The Morgan fingerprint density at radius 1 is 1.41 bits per heavy atom. The summed E-state index contributed by atoms with van der Waals surface area (Å²) in [6.07, 6.45) is 2.46. The van der Waals surface area contributed by atoms with Crippen LogP contribution in [0, 0.1) is 0 Å². The molecule has 88 valence electrons. The number of hydrogen-bond donors (Lipinski definition) is 0. The third kappa shape index (κ3) is 1.50. The third-order valence-electron chi connectivity index (χ3n) is 3.96. The lowest BCUT2D eigenvalue weighted by atomic mass is 9.84. The molecule has 0 spiro atoms. The van der Waals surface area contributed by atoms with Crippen LogP contribution < -0.4 is 0 Å². The molecule has 0 N–H and O–H groups in total. The van der Waals surface area contributed by atoms with Crippen LogP contribution in [0.5, 0.6) is 0 Å². The van der Waals surface area contributed by atoms with Crippen molar-refractivity contribution >= 4 is 32.9 Å². The molecule has 3 aliphatic rings. The fraction of sp³-hybridized carbons (Fsp3) is 0.462. The molecule has 2 aliphatic heterocycles. The average molecular weight is 309 g/mol. The van der Waals surface area contributed by atoms with E-state index < -0.39 is 0 Å². The Morgan fingerprint density at radius 2 is 2.35 bits per heavy atom. The highest BCUT2D eigenvalue weighted by Crippen LogP contribution is 2.44. The molecule has 1 aliphatic carbocycles. The Labute approximate surface area is 114 Å². The summed E-state index contributed by atoms with van der Waals surface area (Å²) in [5.74, 6) is 1.22. The first-order chi connectivity index (χ1) is 8.33. The van der Waals surface area contributed by atoms with Crippen molar-refractivity contribution in [3.63, 3.8) is 0 Å². The van der Waals surface area contributed by atoms with Crippen molar-refractivity contribution in [2.45, 2.75) is 24.9 Å². The first-order valence-electron chi connectivity index (χ1n) is 6.08. The molecular weight excluding hydrogens is 296 g/mol. The number of nitrogens with zero attached hydrogens (tertiary/aromatic N) is 2. The molecule has 4 rings (SSSR count). The highest BCUT2D eigenvalue weighted by atomic mass is 79.9. The van der Waals surface area contributed by atoms with Gasteiger partial charge in [-0.25, -0.2) is 0 Å². The van der Waals surface area contributed by atoms with E-state index in [0.717, 1.165) is 0 Å². The second kappa shape index (κ2) is 3.75. The first-order valence-corrected chi connectivity index (χ1v) is 7.86. The average Bonchev–Trinajstić information content (AvgIpc) is 2.88. The van der Waals surface area contributed by atoms with Crippen molar-refractivity contribution < 1.29 is 0 Å². The standard InChI is InChI=1S/C13H13BrN2S/c14-9-3-1-8-2-4-11-12(10(8)7-9)15-13-16(11)5-6-17-13/h1,3,7,11-12H,2,4-6H2. The molecule has 1 saturated heterocycles. The molecule has 0 saturated carbocycles. The summed E-state index contributed by atoms with van der Waals surface area (Å²) in [5, 5.41) is 1.29. The molecule has 4 heteroatoms. The van der Waals surface area contributed by atoms with Crippen molar-refractivity contribution in [1.29, 1.82) is 0 Å². The van der Waals surface area contributed by atoms with E-state index in [1.807, 2.05) is 11.8 Å². The molecule has 1 aromatic rings. The van der Waals surface area contributed by atoms with Crippen molar-refractivity contribution in [3.8, 4) is 0 Å². The quantitative estimate of drug-likeness (QED) is 0.731. The Bertz CT molecular complexity index is 514. The van der Waals surface area contributed by atoms with E-state index >= 15 is 0 Å². The topological polar surface area (TPSA) is 15.6 Å². The maximum atomic E-state index is 4.94. The predicted molar refractivity (Wildman–Crippen MR) is 75.6 cm³/mol. The molecule has 0 aromatic heterocycles. The van der Waals surface area contributed by atoms with Gasteiger partial charge in [-0.3, -0.25) is 4.99 Å². The maximum absolute atomic E-state index is 4.94. The lowest BCUT2D eigenvalue weighted by Crippen LogP contribution is -2.36. The van der Waals surface area contributed by atoms with E-state index in [4.69, 9.17) is 4.99 Å². The van der Waals surface area contributed by atoms with Gasteiger partial charge in [-0.15, -0.1) is 0 Å². The molecule has 2 unspecified atom stereocenters. The molecule has 0 bridgehead atoms. The molecule has 0 amide bonds. The summed E-state index contributed by atoms with van der Waals surface area (Å²) in [5.41, 5.74) is 2.93. The predicted octanol–water partition coefficient (Wildman–Crippen LogP) is 3.22. The lowest BCUT2D eigenvalue weighted by Gasteiger charge is -2.32. The van der Waals surface area contributed by atoms with Crippen molar-refractivity contribution in [2.75, 3.05) is 12.3 Å². The van der Waals surface area contributed by atoms with Crippen molar-refractivity contribution in [1.82, 2.24) is 4.90 Å². The lowest BCUT2D eigenvalue weighted by molar-refractivity contribution is 0.297. The van der Waals surface area contributed by atoms with E-state index in [1.54, 1.807) is 0 Å². The number of thioether (sulfide) groups is 1.